The quantitative estimate of drug-likeness (QED) is 0.793. The fourth-order valence-electron chi connectivity index (χ4n) is 2.01. The van der Waals surface area contributed by atoms with Crippen molar-refractivity contribution >= 4 is 0 Å². The second-order valence-electron chi connectivity index (χ2n) is 4.07. The van der Waals surface area contributed by atoms with Gasteiger partial charge in [-0.3, -0.25) is 9.88 Å². The smallest absolute Gasteiger partial charge is 0.236 e. The molecule has 1 aliphatic rings. The Labute approximate surface area is 95.8 Å². The van der Waals surface area contributed by atoms with E-state index in [9.17, 15) is 0 Å². The van der Waals surface area contributed by atoms with Gasteiger partial charge in [0.15, 0.2) is 0 Å². The van der Waals surface area contributed by atoms with E-state index >= 15 is 0 Å². The van der Waals surface area contributed by atoms with E-state index in [1.165, 1.54) is 6.42 Å². The highest BCUT2D eigenvalue weighted by atomic mass is 16.5. The third-order valence-electron chi connectivity index (χ3n) is 2.99. The summed E-state index contributed by atoms with van der Waals surface area (Å²) < 4.78 is 5.19. The van der Waals surface area contributed by atoms with Gasteiger partial charge in [0.25, 0.3) is 0 Å². The van der Waals surface area contributed by atoms with Crippen LogP contribution in [0.1, 0.15) is 12.1 Å². The number of aromatic nitrogens is 2. The van der Waals surface area contributed by atoms with E-state index in [2.05, 4.69) is 27.2 Å². The molecule has 0 saturated carbocycles. The first-order chi connectivity index (χ1) is 7.81. The van der Waals surface area contributed by atoms with E-state index in [0.717, 1.165) is 25.3 Å². The predicted octanol–water partition coefficient (Wildman–Crippen LogP) is 0.279. The first-order valence-corrected chi connectivity index (χ1v) is 5.56. The normalized spacial score (nSPS) is 20.3. The van der Waals surface area contributed by atoms with Crippen molar-refractivity contribution in [3.63, 3.8) is 0 Å². The van der Waals surface area contributed by atoms with Crippen molar-refractivity contribution in [2.45, 2.75) is 19.0 Å². The number of nitrogens with one attached hydrogen (secondary N) is 1. The summed E-state index contributed by atoms with van der Waals surface area (Å²) in [7, 11) is 3.75. The summed E-state index contributed by atoms with van der Waals surface area (Å²) in [6, 6.07) is 0.590. The molecule has 0 spiro atoms. The molecular formula is C11H18N4O. The molecule has 2 heterocycles. The molecule has 5 heteroatoms. The molecule has 1 atom stereocenters. The Hall–Kier alpha value is -1.20. The molecule has 2 rings (SSSR count). The lowest BCUT2D eigenvalue weighted by molar-refractivity contribution is 0.240. The average Bonchev–Trinajstić information content (AvgIpc) is 2.83. The monoisotopic (exact) mass is 222 g/mol. The molecule has 1 saturated heterocycles. The van der Waals surface area contributed by atoms with Crippen molar-refractivity contribution in [3.05, 3.63) is 18.1 Å². The minimum Gasteiger partial charge on any atom is -0.480 e. The zero-order valence-corrected chi connectivity index (χ0v) is 9.81. The number of likely N-dealkylation sites (N-methyl/N-ethyl adjacent to an activating group) is 1. The van der Waals surface area contributed by atoms with Crippen LogP contribution in [0.4, 0.5) is 0 Å². The van der Waals surface area contributed by atoms with Gasteiger partial charge in [0.1, 0.15) is 5.69 Å². The summed E-state index contributed by atoms with van der Waals surface area (Å²) in [5.41, 5.74) is 0.902. The van der Waals surface area contributed by atoms with E-state index in [4.69, 9.17) is 4.74 Å². The molecule has 0 aliphatic carbocycles. The van der Waals surface area contributed by atoms with E-state index in [1.54, 1.807) is 19.5 Å². The van der Waals surface area contributed by atoms with Crippen molar-refractivity contribution in [2.24, 2.45) is 0 Å². The molecule has 1 aromatic rings. The van der Waals surface area contributed by atoms with Crippen LogP contribution in [0.3, 0.4) is 0 Å². The zero-order valence-electron chi connectivity index (χ0n) is 9.81. The van der Waals surface area contributed by atoms with Gasteiger partial charge in [-0.05, 0) is 20.0 Å². The van der Waals surface area contributed by atoms with Crippen molar-refractivity contribution in [2.75, 3.05) is 27.2 Å². The first kappa shape index (κ1) is 11.3. The number of methoxy groups -OCH3 is 1. The van der Waals surface area contributed by atoms with Crippen molar-refractivity contribution < 1.29 is 4.74 Å². The molecule has 1 aliphatic heterocycles. The van der Waals surface area contributed by atoms with Crippen LogP contribution in [0.25, 0.3) is 0 Å². The second kappa shape index (κ2) is 5.23. The predicted molar refractivity (Wildman–Crippen MR) is 61.3 cm³/mol. The van der Waals surface area contributed by atoms with E-state index in [0.29, 0.717) is 11.9 Å². The number of hydrogen-bond acceptors (Lipinski definition) is 5. The van der Waals surface area contributed by atoms with E-state index < -0.39 is 0 Å². The Bertz CT molecular complexity index is 339. The zero-order chi connectivity index (χ0) is 11.4. The van der Waals surface area contributed by atoms with Gasteiger partial charge in [0.05, 0.1) is 7.11 Å². The van der Waals surface area contributed by atoms with Crippen molar-refractivity contribution in [1.29, 1.82) is 0 Å². The van der Waals surface area contributed by atoms with Gasteiger partial charge in [-0.25, -0.2) is 4.98 Å². The Kier molecular flexibility index (Phi) is 3.69. The Morgan fingerprint density at radius 3 is 3.00 bits per heavy atom. The molecule has 1 aromatic heterocycles. The van der Waals surface area contributed by atoms with Crippen molar-refractivity contribution in [1.82, 2.24) is 20.2 Å². The van der Waals surface area contributed by atoms with Gasteiger partial charge < -0.3 is 10.1 Å². The molecule has 0 aromatic carbocycles. The van der Waals surface area contributed by atoms with Gasteiger partial charge >= 0.3 is 0 Å². The van der Waals surface area contributed by atoms with Crippen LogP contribution in [0.2, 0.25) is 0 Å². The molecule has 5 nitrogen and oxygen atoms in total. The lowest BCUT2D eigenvalue weighted by atomic mass is 10.2. The number of ether oxygens (including phenoxy) is 1. The summed E-state index contributed by atoms with van der Waals surface area (Å²) >= 11 is 0. The third-order valence-corrected chi connectivity index (χ3v) is 2.99. The Morgan fingerprint density at radius 2 is 2.31 bits per heavy atom. The molecule has 0 amide bonds. The Balaban J connectivity index is 2.01. The SMILES string of the molecule is COc1nccnc1CN(C)C1CCNC1. The van der Waals surface area contributed by atoms with Crippen molar-refractivity contribution in [3.8, 4) is 5.88 Å². The van der Waals surface area contributed by atoms with Gasteiger partial charge in [-0.2, -0.15) is 0 Å². The standard InChI is InChI=1S/C11H18N4O/c1-15(9-3-4-12-7-9)8-10-11(16-2)14-6-5-13-10/h5-6,9,12H,3-4,7-8H2,1-2H3. The van der Waals surface area contributed by atoms with Crippen LogP contribution < -0.4 is 10.1 Å². The fraction of sp³-hybridized carbons (Fsp3) is 0.636. The molecule has 16 heavy (non-hydrogen) atoms. The molecule has 1 N–H and O–H groups in total. The molecule has 1 fully saturated rings. The summed E-state index contributed by atoms with van der Waals surface area (Å²) in [6.07, 6.45) is 4.55. The third kappa shape index (κ3) is 2.48. The van der Waals surface area contributed by atoms with Crippen LogP contribution >= 0.6 is 0 Å². The number of hydrogen-bond donors (Lipinski definition) is 1. The average molecular weight is 222 g/mol. The van der Waals surface area contributed by atoms with Gasteiger partial charge in [0, 0.05) is 31.5 Å². The summed E-state index contributed by atoms with van der Waals surface area (Å²) in [4.78, 5) is 10.8. The lowest BCUT2D eigenvalue weighted by Gasteiger charge is -2.23. The minimum atomic E-state index is 0.590. The van der Waals surface area contributed by atoms with E-state index in [1.807, 2.05) is 0 Å². The topological polar surface area (TPSA) is 50.3 Å². The first-order valence-electron chi connectivity index (χ1n) is 5.56. The van der Waals surface area contributed by atoms with Gasteiger partial charge in [0.2, 0.25) is 5.88 Å². The molecule has 0 radical (unpaired) electrons. The highest BCUT2D eigenvalue weighted by Gasteiger charge is 2.20. The largest absolute Gasteiger partial charge is 0.480 e. The van der Waals surface area contributed by atoms with Crippen LogP contribution in [0.5, 0.6) is 5.88 Å². The molecule has 88 valence electrons. The van der Waals surface area contributed by atoms with Crippen LogP contribution in [0, 0.1) is 0 Å². The second-order valence-corrected chi connectivity index (χ2v) is 4.07. The van der Waals surface area contributed by atoms with Crippen LogP contribution in [-0.2, 0) is 6.54 Å². The van der Waals surface area contributed by atoms with Crippen LogP contribution in [-0.4, -0.2) is 48.2 Å². The highest BCUT2D eigenvalue weighted by Crippen LogP contribution is 2.15. The van der Waals surface area contributed by atoms with Crippen LogP contribution in [0.15, 0.2) is 12.4 Å². The van der Waals surface area contributed by atoms with E-state index in [-0.39, 0.29) is 0 Å². The highest BCUT2D eigenvalue weighted by molar-refractivity contribution is 5.16. The molecular weight excluding hydrogens is 204 g/mol. The van der Waals surface area contributed by atoms with Gasteiger partial charge in [-0.15, -0.1) is 0 Å². The van der Waals surface area contributed by atoms with Gasteiger partial charge in [-0.1, -0.05) is 0 Å². The fourth-order valence-corrected chi connectivity index (χ4v) is 2.01. The maximum absolute atomic E-state index is 5.19. The number of rotatable bonds is 4. The maximum Gasteiger partial charge on any atom is 0.236 e. The molecule has 0 bridgehead atoms. The molecule has 1 unspecified atom stereocenters. The summed E-state index contributed by atoms with van der Waals surface area (Å²) in [5.74, 6) is 0.625. The Morgan fingerprint density at radius 1 is 1.50 bits per heavy atom. The summed E-state index contributed by atoms with van der Waals surface area (Å²) in [5, 5.41) is 3.36. The summed E-state index contributed by atoms with van der Waals surface area (Å²) in [6.45, 7) is 2.94. The lowest BCUT2D eigenvalue weighted by Crippen LogP contribution is -2.33. The minimum absolute atomic E-state index is 0.590. The number of nitrogens with zero attached hydrogens (tertiary/aromatic N) is 3. The maximum atomic E-state index is 5.19.